The number of carbonyl (C=O) groups is 4. The molecule has 0 spiro atoms. The Morgan fingerprint density at radius 1 is 1.00 bits per heavy atom. The zero-order valence-corrected chi connectivity index (χ0v) is 18.2. The second kappa shape index (κ2) is 10.7. The molecule has 9 nitrogen and oxygen atoms in total. The molecule has 3 rings (SSSR count). The van der Waals surface area contributed by atoms with Gasteiger partial charge in [0.2, 0.25) is 5.91 Å². The fourth-order valence-electron chi connectivity index (χ4n) is 3.09. The predicted octanol–water partition coefficient (Wildman–Crippen LogP) is 2.76. The van der Waals surface area contributed by atoms with Crippen LogP contribution in [-0.4, -0.2) is 61.4 Å². The number of halogens is 1. The highest BCUT2D eigenvalue weighted by Crippen LogP contribution is 2.20. The van der Waals surface area contributed by atoms with Gasteiger partial charge in [-0.1, -0.05) is 11.6 Å². The van der Waals surface area contributed by atoms with Crippen molar-refractivity contribution in [1.29, 1.82) is 0 Å². The number of nitrogens with zero attached hydrogens (tertiary/aromatic N) is 2. The molecule has 168 valence electrons. The summed E-state index contributed by atoms with van der Waals surface area (Å²) in [5, 5.41) is 5.86. The minimum absolute atomic E-state index is 0.0442. The minimum Gasteiger partial charge on any atom is -0.370 e. The van der Waals surface area contributed by atoms with Gasteiger partial charge in [-0.15, -0.1) is 0 Å². The van der Waals surface area contributed by atoms with Crippen LogP contribution in [0.5, 0.6) is 0 Å². The Hall–Kier alpha value is -3.43. The molecule has 2 aromatic carbocycles. The molecule has 0 radical (unpaired) electrons. The predicted molar refractivity (Wildman–Crippen MR) is 121 cm³/mol. The molecule has 0 bridgehead atoms. The van der Waals surface area contributed by atoms with Gasteiger partial charge in [0.1, 0.15) is 18.9 Å². The Balaban J connectivity index is 1.60. The van der Waals surface area contributed by atoms with Gasteiger partial charge >= 0.3 is 6.03 Å². The molecule has 1 saturated heterocycles. The first kappa shape index (κ1) is 23.2. The van der Waals surface area contributed by atoms with Crippen LogP contribution >= 0.6 is 11.6 Å². The zero-order valence-electron chi connectivity index (χ0n) is 17.5. The van der Waals surface area contributed by atoms with Crippen LogP contribution in [0.15, 0.2) is 48.5 Å². The molecule has 32 heavy (non-hydrogen) atoms. The molecule has 0 aromatic heterocycles. The van der Waals surface area contributed by atoms with Crippen molar-refractivity contribution in [3.05, 3.63) is 53.6 Å². The van der Waals surface area contributed by atoms with E-state index in [0.29, 0.717) is 35.2 Å². The summed E-state index contributed by atoms with van der Waals surface area (Å²) in [6.45, 7) is 1.78. The largest absolute Gasteiger partial charge is 0.370 e. The van der Waals surface area contributed by atoms with Crippen LogP contribution in [0.25, 0.3) is 0 Å². The number of Topliss-reactive ketones (excluding diaryl/α,β-unsaturated/α-hetero) is 1. The molecule has 10 heteroatoms. The molecule has 0 unspecified atom stereocenters. The van der Waals surface area contributed by atoms with Crippen LogP contribution in [0.3, 0.4) is 0 Å². The summed E-state index contributed by atoms with van der Waals surface area (Å²) in [5.41, 5.74) is 1.69. The number of ketones is 1. The average molecular weight is 459 g/mol. The van der Waals surface area contributed by atoms with Crippen molar-refractivity contribution in [2.75, 3.05) is 48.4 Å². The molecule has 2 aromatic rings. The van der Waals surface area contributed by atoms with Gasteiger partial charge in [0.15, 0.2) is 0 Å². The first-order valence-electron chi connectivity index (χ1n) is 9.91. The van der Waals surface area contributed by atoms with Gasteiger partial charge in [-0.05, 0) is 55.5 Å². The third-order valence-electron chi connectivity index (χ3n) is 4.58. The molecular weight excluding hydrogens is 436 g/mol. The highest BCUT2D eigenvalue weighted by atomic mass is 35.5. The lowest BCUT2D eigenvalue weighted by molar-refractivity contribution is -0.125. The summed E-state index contributed by atoms with van der Waals surface area (Å²) in [5.74, 6) is -0.851. The van der Waals surface area contributed by atoms with Gasteiger partial charge in [-0.2, -0.15) is 0 Å². The average Bonchev–Trinajstić information content (AvgIpc) is 2.75. The fourth-order valence-corrected chi connectivity index (χ4v) is 3.22. The van der Waals surface area contributed by atoms with E-state index < -0.39 is 11.9 Å². The smallest absolute Gasteiger partial charge is 0.322 e. The van der Waals surface area contributed by atoms with Crippen LogP contribution in [0, 0.1) is 0 Å². The number of amides is 4. The van der Waals surface area contributed by atoms with E-state index in [0.717, 1.165) is 4.90 Å². The molecular formula is C22H23ClN4O5. The van der Waals surface area contributed by atoms with Crippen molar-refractivity contribution >= 4 is 52.3 Å². The van der Waals surface area contributed by atoms with Crippen LogP contribution in [0.1, 0.15) is 6.92 Å². The Kier molecular flexibility index (Phi) is 7.80. The Labute approximate surface area is 190 Å². The number of benzene rings is 2. The number of morpholine rings is 1. The van der Waals surface area contributed by atoms with Crippen molar-refractivity contribution in [3.63, 3.8) is 0 Å². The number of hydrogen-bond donors (Lipinski definition) is 2. The van der Waals surface area contributed by atoms with Crippen molar-refractivity contribution in [2.24, 2.45) is 0 Å². The van der Waals surface area contributed by atoms with Crippen LogP contribution in [0.4, 0.5) is 21.9 Å². The second-order valence-electron chi connectivity index (χ2n) is 7.19. The second-order valence-corrected chi connectivity index (χ2v) is 7.62. The number of nitrogens with one attached hydrogen (secondary N) is 2. The van der Waals surface area contributed by atoms with Crippen LogP contribution < -0.4 is 15.5 Å². The van der Waals surface area contributed by atoms with Gasteiger partial charge in [-0.3, -0.25) is 14.4 Å². The lowest BCUT2D eigenvalue weighted by Crippen LogP contribution is -2.43. The first-order chi connectivity index (χ1) is 15.3. The Morgan fingerprint density at radius 2 is 1.62 bits per heavy atom. The summed E-state index contributed by atoms with van der Waals surface area (Å²) in [7, 11) is 0. The fraction of sp³-hybridized carbons (Fsp3) is 0.273. The third-order valence-corrected chi connectivity index (χ3v) is 4.83. The summed E-state index contributed by atoms with van der Waals surface area (Å²) < 4.78 is 5.12. The Bertz CT molecular complexity index is 994. The van der Waals surface area contributed by atoms with Gasteiger partial charge in [0.25, 0.3) is 5.91 Å². The lowest BCUT2D eigenvalue weighted by Gasteiger charge is -2.27. The number of hydrogen-bond acceptors (Lipinski definition) is 5. The van der Waals surface area contributed by atoms with Crippen LogP contribution in [0.2, 0.25) is 5.02 Å². The minimum atomic E-state index is -0.584. The zero-order chi connectivity index (χ0) is 23.1. The molecule has 4 amide bonds. The summed E-state index contributed by atoms with van der Waals surface area (Å²) in [6.07, 6.45) is 0. The molecule has 1 fully saturated rings. The van der Waals surface area contributed by atoms with Gasteiger partial charge in [0, 0.05) is 28.6 Å². The topological polar surface area (TPSA) is 108 Å². The van der Waals surface area contributed by atoms with E-state index in [2.05, 4.69) is 10.6 Å². The van der Waals surface area contributed by atoms with Crippen molar-refractivity contribution in [1.82, 2.24) is 4.90 Å². The maximum atomic E-state index is 12.6. The maximum absolute atomic E-state index is 12.6. The number of rotatable bonds is 7. The summed E-state index contributed by atoms with van der Waals surface area (Å²) in [6, 6.07) is 12.7. The highest BCUT2D eigenvalue weighted by molar-refractivity contribution is 6.30. The summed E-state index contributed by atoms with van der Waals surface area (Å²) in [4.78, 5) is 51.3. The van der Waals surface area contributed by atoms with E-state index in [1.165, 1.54) is 6.92 Å². The lowest BCUT2D eigenvalue weighted by atomic mass is 10.2. The normalized spacial score (nSPS) is 13.4. The molecule has 2 N–H and O–H groups in total. The molecule has 1 heterocycles. The first-order valence-corrected chi connectivity index (χ1v) is 10.3. The molecule has 1 aliphatic heterocycles. The number of carbonyl (C=O) groups excluding carboxylic acids is 4. The molecule has 0 aliphatic carbocycles. The van der Waals surface area contributed by atoms with Gasteiger partial charge < -0.3 is 25.2 Å². The van der Waals surface area contributed by atoms with Crippen molar-refractivity contribution in [3.8, 4) is 0 Å². The number of anilines is 3. The van der Waals surface area contributed by atoms with E-state index in [1.54, 1.807) is 53.4 Å². The molecule has 0 saturated carbocycles. The van der Waals surface area contributed by atoms with E-state index in [1.807, 2.05) is 0 Å². The molecule has 1 aliphatic rings. The van der Waals surface area contributed by atoms with Crippen LogP contribution in [-0.2, 0) is 19.1 Å². The molecule has 0 atom stereocenters. The third kappa shape index (κ3) is 6.53. The van der Waals surface area contributed by atoms with Gasteiger partial charge in [-0.25, -0.2) is 4.79 Å². The van der Waals surface area contributed by atoms with E-state index >= 15 is 0 Å². The van der Waals surface area contributed by atoms with E-state index in [-0.39, 0.29) is 31.4 Å². The number of urea groups is 1. The summed E-state index contributed by atoms with van der Waals surface area (Å²) >= 11 is 5.84. The van der Waals surface area contributed by atoms with E-state index in [4.69, 9.17) is 16.3 Å². The van der Waals surface area contributed by atoms with E-state index in [9.17, 15) is 19.2 Å². The maximum Gasteiger partial charge on any atom is 0.322 e. The Morgan fingerprint density at radius 3 is 2.25 bits per heavy atom. The monoisotopic (exact) mass is 458 g/mol. The standard InChI is InChI=1S/C22H23ClN4O5/c1-15(28)12-26(22(31)25-18-4-2-16(23)3-5-18)13-20(29)24-17-6-8-19(9-7-17)27-10-11-32-14-21(27)30/h2-9H,10-14H2,1H3,(H,24,29)(H,25,31). The highest BCUT2D eigenvalue weighted by Gasteiger charge is 2.21. The van der Waals surface area contributed by atoms with Crippen molar-refractivity contribution in [2.45, 2.75) is 6.92 Å². The number of ether oxygens (including phenoxy) is 1. The van der Waals surface area contributed by atoms with Gasteiger partial charge in [0.05, 0.1) is 13.2 Å². The van der Waals surface area contributed by atoms with Crippen molar-refractivity contribution < 1.29 is 23.9 Å². The quantitative estimate of drug-likeness (QED) is 0.663. The SMILES string of the molecule is CC(=O)CN(CC(=O)Nc1ccc(N2CCOCC2=O)cc1)C(=O)Nc1ccc(Cl)cc1.